The Kier molecular flexibility index (Phi) is 3.25. The number of carboxylic acid groups (broad SMARTS) is 1. The van der Waals surface area contributed by atoms with Crippen LogP contribution >= 0.6 is 0 Å². The lowest BCUT2D eigenvalue weighted by Gasteiger charge is -2.19. The van der Waals surface area contributed by atoms with Gasteiger partial charge < -0.3 is 10.8 Å². The third kappa shape index (κ3) is 2.25. The van der Waals surface area contributed by atoms with Crippen molar-refractivity contribution >= 4 is 5.97 Å². The zero-order valence-corrected chi connectivity index (χ0v) is 9.23. The molecule has 86 valence electrons. The van der Waals surface area contributed by atoms with Crippen LogP contribution in [0, 0.1) is 11.8 Å². The van der Waals surface area contributed by atoms with E-state index >= 15 is 0 Å². The number of rotatable bonds is 4. The second-order valence-electron chi connectivity index (χ2n) is 4.53. The molecule has 0 fully saturated rings. The SMILES string of the molecule is NCC(CC(=O)O)C1Cc2ccccc2C1. The van der Waals surface area contributed by atoms with Crippen LogP contribution in [0.25, 0.3) is 0 Å². The highest BCUT2D eigenvalue weighted by molar-refractivity contribution is 5.67. The number of hydrogen-bond donors (Lipinski definition) is 2. The van der Waals surface area contributed by atoms with Gasteiger partial charge in [0.25, 0.3) is 0 Å². The fourth-order valence-corrected chi connectivity index (χ4v) is 2.59. The lowest BCUT2D eigenvalue weighted by Crippen LogP contribution is -2.26. The number of fused-ring (bicyclic) bond motifs is 1. The predicted molar refractivity (Wildman–Crippen MR) is 62.1 cm³/mol. The van der Waals surface area contributed by atoms with E-state index in [2.05, 4.69) is 12.1 Å². The van der Waals surface area contributed by atoms with E-state index in [1.165, 1.54) is 11.1 Å². The maximum Gasteiger partial charge on any atom is 0.303 e. The molecular weight excluding hydrogens is 202 g/mol. The average molecular weight is 219 g/mol. The number of nitrogens with two attached hydrogens (primary N) is 1. The van der Waals surface area contributed by atoms with Crippen LogP contribution in [-0.2, 0) is 17.6 Å². The molecule has 1 aromatic rings. The number of carbonyl (C=O) groups is 1. The van der Waals surface area contributed by atoms with Crippen molar-refractivity contribution in [1.82, 2.24) is 0 Å². The molecule has 3 nitrogen and oxygen atoms in total. The summed E-state index contributed by atoms with van der Waals surface area (Å²) in [5.41, 5.74) is 8.39. The first kappa shape index (κ1) is 11.1. The van der Waals surface area contributed by atoms with Crippen molar-refractivity contribution in [3.05, 3.63) is 35.4 Å². The molecule has 0 bridgehead atoms. The van der Waals surface area contributed by atoms with Gasteiger partial charge in [-0.2, -0.15) is 0 Å². The topological polar surface area (TPSA) is 63.3 Å². The quantitative estimate of drug-likeness (QED) is 0.805. The Balaban J connectivity index is 2.06. The molecule has 0 saturated carbocycles. The molecule has 1 unspecified atom stereocenters. The molecule has 0 aliphatic heterocycles. The van der Waals surface area contributed by atoms with Crippen LogP contribution in [0.2, 0.25) is 0 Å². The number of carboxylic acids is 1. The molecule has 1 atom stereocenters. The third-order valence-corrected chi connectivity index (χ3v) is 3.49. The summed E-state index contributed by atoms with van der Waals surface area (Å²) in [7, 11) is 0. The minimum Gasteiger partial charge on any atom is -0.481 e. The molecule has 3 heteroatoms. The maximum atomic E-state index is 10.7. The van der Waals surface area contributed by atoms with Gasteiger partial charge >= 0.3 is 5.97 Å². The molecule has 3 N–H and O–H groups in total. The predicted octanol–water partition coefficient (Wildman–Crippen LogP) is 1.45. The van der Waals surface area contributed by atoms with Gasteiger partial charge in [-0.15, -0.1) is 0 Å². The highest BCUT2D eigenvalue weighted by Crippen LogP contribution is 2.32. The van der Waals surface area contributed by atoms with E-state index in [9.17, 15) is 4.79 Å². The molecular formula is C13H17NO2. The average Bonchev–Trinajstić information content (AvgIpc) is 2.68. The van der Waals surface area contributed by atoms with Crippen LogP contribution in [0.3, 0.4) is 0 Å². The Hall–Kier alpha value is -1.35. The van der Waals surface area contributed by atoms with Crippen molar-refractivity contribution in [3.63, 3.8) is 0 Å². The summed E-state index contributed by atoms with van der Waals surface area (Å²) in [6.07, 6.45) is 2.14. The maximum absolute atomic E-state index is 10.7. The van der Waals surface area contributed by atoms with Crippen molar-refractivity contribution in [3.8, 4) is 0 Å². The van der Waals surface area contributed by atoms with Crippen molar-refractivity contribution in [1.29, 1.82) is 0 Å². The Morgan fingerprint density at radius 1 is 1.38 bits per heavy atom. The van der Waals surface area contributed by atoms with Crippen LogP contribution < -0.4 is 5.73 Å². The zero-order chi connectivity index (χ0) is 11.5. The Labute approximate surface area is 95.3 Å². The van der Waals surface area contributed by atoms with Gasteiger partial charge in [-0.3, -0.25) is 4.79 Å². The third-order valence-electron chi connectivity index (χ3n) is 3.49. The number of hydrogen-bond acceptors (Lipinski definition) is 2. The van der Waals surface area contributed by atoms with Crippen LogP contribution in [-0.4, -0.2) is 17.6 Å². The van der Waals surface area contributed by atoms with Crippen molar-refractivity contribution < 1.29 is 9.90 Å². The minimum absolute atomic E-state index is 0.102. The first-order chi connectivity index (χ1) is 7.70. The van der Waals surface area contributed by atoms with E-state index in [-0.39, 0.29) is 12.3 Å². The van der Waals surface area contributed by atoms with E-state index in [1.54, 1.807) is 0 Å². The summed E-state index contributed by atoms with van der Waals surface area (Å²) in [6.45, 7) is 0.463. The first-order valence-corrected chi connectivity index (χ1v) is 5.69. The molecule has 0 spiro atoms. The van der Waals surface area contributed by atoms with Crippen molar-refractivity contribution in [2.24, 2.45) is 17.6 Å². The molecule has 0 saturated heterocycles. The van der Waals surface area contributed by atoms with Crippen LogP contribution in [0.5, 0.6) is 0 Å². The molecule has 0 amide bonds. The Morgan fingerprint density at radius 2 is 1.94 bits per heavy atom. The lowest BCUT2D eigenvalue weighted by molar-refractivity contribution is -0.138. The second-order valence-corrected chi connectivity index (χ2v) is 4.53. The van der Waals surface area contributed by atoms with Crippen LogP contribution in [0.1, 0.15) is 17.5 Å². The van der Waals surface area contributed by atoms with Crippen molar-refractivity contribution in [2.75, 3.05) is 6.54 Å². The Morgan fingerprint density at radius 3 is 2.38 bits per heavy atom. The van der Waals surface area contributed by atoms with Gasteiger partial charge in [0.2, 0.25) is 0 Å². The molecule has 0 heterocycles. The van der Waals surface area contributed by atoms with Gasteiger partial charge in [-0.25, -0.2) is 0 Å². The fourth-order valence-electron chi connectivity index (χ4n) is 2.59. The van der Waals surface area contributed by atoms with Gasteiger partial charge in [-0.1, -0.05) is 24.3 Å². The van der Waals surface area contributed by atoms with E-state index in [4.69, 9.17) is 10.8 Å². The van der Waals surface area contributed by atoms with Gasteiger partial charge in [-0.05, 0) is 42.3 Å². The molecule has 16 heavy (non-hydrogen) atoms. The van der Waals surface area contributed by atoms with Gasteiger partial charge in [0.1, 0.15) is 0 Å². The normalized spacial score (nSPS) is 17.1. The van der Waals surface area contributed by atoms with E-state index < -0.39 is 5.97 Å². The van der Waals surface area contributed by atoms with E-state index in [0.29, 0.717) is 12.5 Å². The summed E-state index contributed by atoms with van der Waals surface area (Å²) in [5.74, 6) is -0.241. The second kappa shape index (κ2) is 4.66. The van der Waals surface area contributed by atoms with Crippen LogP contribution in [0.4, 0.5) is 0 Å². The van der Waals surface area contributed by atoms with Crippen molar-refractivity contribution in [2.45, 2.75) is 19.3 Å². The highest BCUT2D eigenvalue weighted by atomic mass is 16.4. The molecule has 0 aromatic heterocycles. The summed E-state index contributed by atoms with van der Waals surface area (Å²) < 4.78 is 0. The van der Waals surface area contributed by atoms with E-state index in [0.717, 1.165) is 12.8 Å². The van der Waals surface area contributed by atoms with Gasteiger partial charge in [0.05, 0.1) is 0 Å². The van der Waals surface area contributed by atoms with Gasteiger partial charge in [0, 0.05) is 6.42 Å². The summed E-state index contributed by atoms with van der Waals surface area (Å²) in [4.78, 5) is 10.7. The smallest absolute Gasteiger partial charge is 0.303 e. The van der Waals surface area contributed by atoms with Gasteiger partial charge in [0.15, 0.2) is 0 Å². The number of aliphatic carboxylic acids is 1. The first-order valence-electron chi connectivity index (χ1n) is 5.69. The summed E-state index contributed by atoms with van der Waals surface area (Å²) in [6, 6.07) is 8.33. The standard InChI is InChI=1S/C13H17NO2/c14-8-12(7-13(15)16)11-5-9-3-1-2-4-10(9)6-11/h1-4,11-12H,5-8,14H2,(H,15,16). The zero-order valence-electron chi connectivity index (χ0n) is 9.23. The molecule has 1 aromatic carbocycles. The lowest BCUT2D eigenvalue weighted by atomic mass is 9.87. The largest absolute Gasteiger partial charge is 0.481 e. The molecule has 0 radical (unpaired) electrons. The monoisotopic (exact) mass is 219 g/mol. The summed E-state index contributed by atoms with van der Waals surface area (Å²) in [5, 5.41) is 8.84. The van der Waals surface area contributed by atoms with E-state index in [1.807, 2.05) is 12.1 Å². The minimum atomic E-state index is -0.744. The summed E-state index contributed by atoms with van der Waals surface area (Å²) >= 11 is 0. The molecule has 1 aliphatic rings. The number of benzene rings is 1. The highest BCUT2D eigenvalue weighted by Gasteiger charge is 2.28. The Bertz CT molecular complexity index is 364. The van der Waals surface area contributed by atoms with Crippen LogP contribution in [0.15, 0.2) is 24.3 Å². The molecule has 1 aliphatic carbocycles. The fraction of sp³-hybridized carbons (Fsp3) is 0.462. The molecule has 2 rings (SSSR count).